The standard InChI is InChI=1S/C11H10O3/c1-6-3-8-9(12)5-7(2)14-11(8)10(13)4-6/h3-5,13H,1-2H3. The highest BCUT2D eigenvalue weighted by Gasteiger charge is 2.07. The average molecular weight is 190 g/mol. The van der Waals surface area contributed by atoms with Gasteiger partial charge in [-0.1, -0.05) is 0 Å². The molecular formula is C11H10O3. The Morgan fingerprint density at radius 2 is 1.93 bits per heavy atom. The van der Waals surface area contributed by atoms with E-state index in [0.717, 1.165) is 5.56 Å². The largest absolute Gasteiger partial charge is 0.504 e. The minimum atomic E-state index is -0.122. The van der Waals surface area contributed by atoms with E-state index in [1.54, 1.807) is 19.1 Å². The molecule has 3 nitrogen and oxygen atoms in total. The number of phenolic OH excluding ortho intramolecular Hbond substituents is 1. The lowest BCUT2D eigenvalue weighted by Gasteiger charge is -2.02. The lowest BCUT2D eigenvalue weighted by Crippen LogP contribution is -2.00. The van der Waals surface area contributed by atoms with Gasteiger partial charge in [0, 0.05) is 6.07 Å². The Bertz CT molecular complexity index is 552. The fourth-order valence-corrected chi connectivity index (χ4v) is 1.50. The molecule has 0 spiro atoms. The molecule has 0 radical (unpaired) electrons. The predicted octanol–water partition coefficient (Wildman–Crippen LogP) is 2.12. The van der Waals surface area contributed by atoms with Crippen molar-refractivity contribution in [1.29, 1.82) is 0 Å². The minimum absolute atomic E-state index is 0.0146. The zero-order valence-corrected chi connectivity index (χ0v) is 8.00. The monoisotopic (exact) mass is 190 g/mol. The van der Waals surface area contributed by atoms with E-state index < -0.39 is 0 Å². The molecule has 0 saturated carbocycles. The van der Waals surface area contributed by atoms with Crippen LogP contribution in [0.2, 0.25) is 0 Å². The first-order valence-electron chi connectivity index (χ1n) is 4.32. The summed E-state index contributed by atoms with van der Waals surface area (Å²) in [5.41, 5.74) is 0.981. The normalized spacial score (nSPS) is 10.7. The fraction of sp³-hybridized carbons (Fsp3) is 0.182. The topological polar surface area (TPSA) is 50.4 Å². The Hall–Kier alpha value is -1.77. The minimum Gasteiger partial charge on any atom is -0.504 e. The van der Waals surface area contributed by atoms with E-state index in [2.05, 4.69) is 0 Å². The quantitative estimate of drug-likeness (QED) is 0.692. The smallest absolute Gasteiger partial charge is 0.193 e. The van der Waals surface area contributed by atoms with Gasteiger partial charge in [0.1, 0.15) is 5.76 Å². The number of hydrogen-bond acceptors (Lipinski definition) is 3. The molecule has 0 aliphatic carbocycles. The van der Waals surface area contributed by atoms with Crippen molar-refractivity contribution in [3.63, 3.8) is 0 Å². The van der Waals surface area contributed by atoms with E-state index in [-0.39, 0.29) is 16.8 Å². The Morgan fingerprint density at radius 3 is 2.64 bits per heavy atom. The molecular weight excluding hydrogens is 180 g/mol. The summed E-state index contributed by atoms with van der Waals surface area (Å²) in [6.45, 7) is 3.50. The molecule has 72 valence electrons. The van der Waals surface area contributed by atoms with Crippen LogP contribution in [0.25, 0.3) is 11.0 Å². The number of fused-ring (bicyclic) bond motifs is 1. The van der Waals surface area contributed by atoms with Gasteiger partial charge < -0.3 is 9.52 Å². The van der Waals surface area contributed by atoms with E-state index in [4.69, 9.17) is 4.42 Å². The van der Waals surface area contributed by atoms with Crippen LogP contribution in [0.4, 0.5) is 0 Å². The Balaban J connectivity index is 3.02. The molecule has 1 aromatic carbocycles. The number of aryl methyl sites for hydroxylation is 2. The van der Waals surface area contributed by atoms with Crippen molar-refractivity contribution in [2.24, 2.45) is 0 Å². The highest BCUT2D eigenvalue weighted by atomic mass is 16.4. The third kappa shape index (κ3) is 1.27. The lowest BCUT2D eigenvalue weighted by molar-refractivity contribution is 0.457. The van der Waals surface area contributed by atoms with Gasteiger partial charge in [0.05, 0.1) is 5.39 Å². The molecule has 1 heterocycles. The molecule has 0 fully saturated rings. The summed E-state index contributed by atoms with van der Waals surface area (Å²) in [7, 11) is 0. The van der Waals surface area contributed by atoms with Crippen LogP contribution in [0, 0.1) is 13.8 Å². The van der Waals surface area contributed by atoms with E-state index in [0.29, 0.717) is 11.1 Å². The summed E-state index contributed by atoms with van der Waals surface area (Å²) < 4.78 is 5.28. The van der Waals surface area contributed by atoms with Crippen molar-refractivity contribution < 1.29 is 9.52 Å². The van der Waals surface area contributed by atoms with Gasteiger partial charge in [-0.25, -0.2) is 0 Å². The summed E-state index contributed by atoms with van der Waals surface area (Å²) in [5, 5.41) is 9.99. The third-order valence-electron chi connectivity index (χ3n) is 2.08. The highest BCUT2D eigenvalue weighted by Crippen LogP contribution is 2.24. The molecule has 0 amide bonds. The van der Waals surface area contributed by atoms with Crippen molar-refractivity contribution in [3.8, 4) is 5.75 Å². The molecule has 1 N–H and O–H groups in total. The van der Waals surface area contributed by atoms with Crippen LogP contribution >= 0.6 is 0 Å². The van der Waals surface area contributed by atoms with Crippen molar-refractivity contribution in [2.75, 3.05) is 0 Å². The number of phenols is 1. The van der Waals surface area contributed by atoms with Crippen LogP contribution in [-0.2, 0) is 0 Å². The van der Waals surface area contributed by atoms with Gasteiger partial charge in [-0.05, 0) is 31.5 Å². The second-order valence-electron chi connectivity index (χ2n) is 3.38. The van der Waals surface area contributed by atoms with E-state index in [9.17, 15) is 9.90 Å². The Labute approximate surface area is 80.6 Å². The van der Waals surface area contributed by atoms with Crippen LogP contribution in [0.3, 0.4) is 0 Å². The SMILES string of the molecule is Cc1cc(O)c2oc(C)cc(=O)c2c1. The average Bonchev–Trinajstić information content (AvgIpc) is 2.07. The first-order valence-corrected chi connectivity index (χ1v) is 4.32. The zero-order chi connectivity index (χ0) is 10.3. The molecule has 0 bridgehead atoms. The lowest BCUT2D eigenvalue weighted by atomic mass is 10.1. The van der Waals surface area contributed by atoms with Gasteiger partial charge in [-0.15, -0.1) is 0 Å². The van der Waals surface area contributed by atoms with Gasteiger partial charge in [-0.2, -0.15) is 0 Å². The summed E-state index contributed by atoms with van der Waals surface area (Å²) in [6.07, 6.45) is 0. The number of rotatable bonds is 0. The van der Waals surface area contributed by atoms with Gasteiger partial charge in [0.15, 0.2) is 16.8 Å². The van der Waals surface area contributed by atoms with Crippen LogP contribution < -0.4 is 5.43 Å². The van der Waals surface area contributed by atoms with Gasteiger partial charge >= 0.3 is 0 Å². The van der Waals surface area contributed by atoms with Gasteiger partial charge in [-0.3, -0.25) is 4.79 Å². The fourth-order valence-electron chi connectivity index (χ4n) is 1.50. The number of aromatic hydroxyl groups is 1. The van der Waals surface area contributed by atoms with Crippen LogP contribution in [0.15, 0.2) is 27.4 Å². The zero-order valence-electron chi connectivity index (χ0n) is 8.00. The number of benzene rings is 1. The van der Waals surface area contributed by atoms with Crippen LogP contribution in [0.5, 0.6) is 5.75 Å². The van der Waals surface area contributed by atoms with Gasteiger partial charge in [0.2, 0.25) is 0 Å². The maximum Gasteiger partial charge on any atom is 0.193 e. The van der Waals surface area contributed by atoms with Crippen LogP contribution in [0.1, 0.15) is 11.3 Å². The molecule has 2 aromatic rings. The summed E-state index contributed by atoms with van der Waals surface area (Å²) in [6, 6.07) is 4.70. The molecule has 2 rings (SSSR count). The Morgan fingerprint density at radius 1 is 1.21 bits per heavy atom. The maximum atomic E-state index is 11.5. The summed E-state index contributed by atoms with van der Waals surface area (Å²) in [4.78, 5) is 11.5. The van der Waals surface area contributed by atoms with Crippen molar-refractivity contribution in [3.05, 3.63) is 39.7 Å². The van der Waals surface area contributed by atoms with Crippen LogP contribution in [-0.4, -0.2) is 5.11 Å². The number of hydrogen-bond donors (Lipinski definition) is 1. The van der Waals surface area contributed by atoms with Gasteiger partial charge in [0.25, 0.3) is 0 Å². The molecule has 0 saturated heterocycles. The Kier molecular flexibility index (Phi) is 1.81. The molecule has 0 aliphatic heterocycles. The molecule has 14 heavy (non-hydrogen) atoms. The van der Waals surface area contributed by atoms with Crippen molar-refractivity contribution in [1.82, 2.24) is 0 Å². The second-order valence-corrected chi connectivity index (χ2v) is 3.38. The summed E-state index contributed by atoms with van der Waals surface area (Å²) in [5.74, 6) is 0.516. The van der Waals surface area contributed by atoms with Crippen molar-refractivity contribution >= 4 is 11.0 Å². The first-order chi connectivity index (χ1) is 6.58. The molecule has 0 atom stereocenters. The molecule has 0 unspecified atom stereocenters. The molecule has 1 aromatic heterocycles. The first kappa shape index (κ1) is 8.81. The molecule has 3 heteroatoms. The highest BCUT2D eigenvalue weighted by molar-refractivity contribution is 5.82. The maximum absolute atomic E-state index is 11.5. The van der Waals surface area contributed by atoms with Crippen molar-refractivity contribution in [2.45, 2.75) is 13.8 Å². The van der Waals surface area contributed by atoms with E-state index in [1.165, 1.54) is 6.07 Å². The molecule has 0 aliphatic rings. The van der Waals surface area contributed by atoms with E-state index in [1.807, 2.05) is 6.92 Å². The third-order valence-corrected chi connectivity index (χ3v) is 2.08. The van der Waals surface area contributed by atoms with E-state index >= 15 is 0 Å². The summed E-state index contributed by atoms with van der Waals surface area (Å²) >= 11 is 0. The predicted molar refractivity (Wildman–Crippen MR) is 53.6 cm³/mol. The second kappa shape index (κ2) is 2.87.